The molecule has 0 aliphatic heterocycles. The molecule has 3 N–H and O–H groups in total. The summed E-state index contributed by atoms with van der Waals surface area (Å²) in [7, 11) is 0. The lowest BCUT2D eigenvalue weighted by molar-refractivity contribution is -0.384. The molecule has 8 heteroatoms. The molecule has 0 aliphatic carbocycles. The van der Waals surface area contributed by atoms with Gasteiger partial charge in [-0.05, 0) is 17.5 Å². The van der Waals surface area contributed by atoms with Crippen LogP contribution >= 0.6 is 0 Å². The summed E-state index contributed by atoms with van der Waals surface area (Å²) in [6, 6.07) is 17.1. The first kappa shape index (κ1) is 17.9. The highest BCUT2D eigenvalue weighted by molar-refractivity contribution is 5.95. The van der Waals surface area contributed by atoms with Gasteiger partial charge in [-0.15, -0.1) is 0 Å². The summed E-state index contributed by atoms with van der Waals surface area (Å²) in [5.41, 5.74) is 3.08. The van der Waals surface area contributed by atoms with E-state index in [2.05, 4.69) is 15.8 Å². The van der Waals surface area contributed by atoms with Crippen LogP contribution in [0.15, 0.2) is 65.8 Å². The van der Waals surface area contributed by atoms with Crippen LogP contribution in [0, 0.1) is 10.1 Å². The second kappa shape index (κ2) is 7.96. The van der Waals surface area contributed by atoms with Crippen LogP contribution in [0.4, 0.5) is 11.4 Å². The lowest BCUT2D eigenvalue weighted by atomic mass is 10.1. The zero-order valence-electron chi connectivity index (χ0n) is 14.1. The molecule has 0 unspecified atom stereocenters. The van der Waals surface area contributed by atoms with E-state index >= 15 is 0 Å². The molecule has 0 heterocycles. The number of carbonyl (C=O) groups excluding carboxylic acids is 1. The first-order valence-electron chi connectivity index (χ1n) is 8.05. The van der Waals surface area contributed by atoms with E-state index in [-0.39, 0.29) is 23.5 Å². The van der Waals surface area contributed by atoms with Gasteiger partial charge in [-0.3, -0.25) is 14.9 Å². The number of aromatic hydroxyl groups is 1. The molecule has 3 aromatic rings. The van der Waals surface area contributed by atoms with Gasteiger partial charge in [0.1, 0.15) is 5.75 Å². The molecule has 8 nitrogen and oxygen atoms in total. The van der Waals surface area contributed by atoms with Gasteiger partial charge in [0.2, 0.25) is 0 Å². The van der Waals surface area contributed by atoms with Crippen LogP contribution in [0.2, 0.25) is 0 Å². The Kier molecular flexibility index (Phi) is 5.27. The number of nitro benzene ring substituents is 1. The number of anilines is 1. The Balaban J connectivity index is 1.61. The van der Waals surface area contributed by atoms with Crippen LogP contribution in [-0.2, 0) is 4.79 Å². The van der Waals surface area contributed by atoms with Crippen molar-refractivity contribution in [1.82, 2.24) is 5.43 Å². The van der Waals surface area contributed by atoms with Crippen molar-refractivity contribution in [2.75, 3.05) is 11.9 Å². The number of nitrogens with one attached hydrogen (secondary N) is 2. The highest BCUT2D eigenvalue weighted by Crippen LogP contribution is 2.23. The zero-order chi connectivity index (χ0) is 19.2. The molecule has 1 amide bonds. The van der Waals surface area contributed by atoms with E-state index in [9.17, 15) is 20.0 Å². The number of nitrogens with zero attached hydrogens (tertiary/aromatic N) is 2. The number of carbonyl (C=O) groups is 1. The van der Waals surface area contributed by atoms with E-state index in [1.54, 1.807) is 0 Å². The molecule has 27 heavy (non-hydrogen) atoms. The minimum Gasteiger partial charge on any atom is -0.507 e. The van der Waals surface area contributed by atoms with Crippen molar-refractivity contribution < 1.29 is 14.8 Å². The van der Waals surface area contributed by atoms with Gasteiger partial charge in [0.05, 0.1) is 17.7 Å². The second-order valence-electron chi connectivity index (χ2n) is 5.67. The number of nitro groups is 1. The minimum atomic E-state index is -0.580. The topological polar surface area (TPSA) is 117 Å². The van der Waals surface area contributed by atoms with Crippen molar-refractivity contribution in [3.8, 4) is 5.75 Å². The molecule has 0 saturated carbocycles. The number of hydrazone groups is 1. The van der Waals surface area contributed by atoms with Crippen LogP contribution in [0.1, 0.15) is 5.56 Å². The Morgan fingerprint density at radius 3 is 2.74 bits per heavy atom. The van der Waals surface area contributed by atoms with E-state index in [4.69, 9.17) is 0 Å². The molecule has 0 spiro atoms. The van der Waals surface area contributed by atoms with Crippen LogP contribution in [0.3, 0.4) is 0 Å². The third-order valence-corrected chi connectivity index (χ3v) is 3.84. The smallest absolute Gasteiger partial charge is 0.270 e. The quantitative estimate of drug-likeness (QED) is 0.353. The number of rotatable bonds is 6. The van der Waals surface area contributed by atoms with Crippen molar-refractivity contribution in [3.63, 3.8) is 0 Å². The minimum absolute atomic E-state index is 0.00767. The zero-order valence-corrected chi connectivity index (χ0v) is 14.1. The molecular formula is C19H16N4O4. The molecule has 0 bridgehead atoms. The van der Waals surface area contributed by atoms with E-state index in [0.29, 0.717) is 0 Å². The van der Waals surface area contributed by atoms with Gasteiger partial charge in [-0.2, -0.15) is 5.10 Å². The molecule has 3 aromatic carbocycles. The lowest BCUT2D eigenvalue weighted by Crippen LogP contribution is -2.25. The summed E-state index contributed by atoms with van der Waals surface area (Å²) in [6.45, 7) is -0.00767. The van der Waals surface area contributed by atoms with E-state index < -0.39 is 10.8 Å². The first-order valence-corrected chi connectivity index (χ1v) is 8.05. The maximum Gasteiger partial charge on any atom is 0.270 e. The number of benzene rings is 3. The van der Waals surface area contributed by atoms with Gasteiger partial charge < -0.3 is 10.4 Å². The molecule has 0 atom stereocenters. The molecular weight excluding hydrogens is 348 g/mol. The molecule has 136 valence electrons. The van der Waals surface area contributed by atoms with Crippen LogP contribution in [0.25, 0.3) is 10.8 Å². The largest absolute Gasteiger partial charge is 0.507 e. The fourth-order valence-corrected chi connectivity index (χ4v) is 2.53. The summed E-state index contributed by atoms with van der Waals surface area (Å²) in [6.07, 6.45) is 1.15. The van der Waals surface area contributed by atoms with Crippen molar-refractivity contribution in [2.45, 2.75) is 0 Å². The maximum absolute atomic E-state index is 11.9. The van der Waals surface area contributed by atoms with Gasteiger partial charge in [0, 0.05) is 28.8 Å². The van der Waals surface area contributed by atoms with Gasteiger partial charge in [0.25, 0.3) is 11.6 Å². The van der Waals surface area contributed by atoms with Crippen LogP contribution in [-0.4, -0.2) is 28.7 Å². The average Bonchev–Trinajstić information content (AvgIpc) is 2.67. The summed E-state index contributed by atoms with van der Waals surface area (Å²) < 4.78 is 0. The molecule has 0 fully saturated rings. The standard InChI is InChI=1S/C19H16N4O4/c24-18-9-8-15(23(26)27)10-14(18)11-21-22-19(25)12-20-17-7-3-5-13-4-1-2-6-16(13)17/h1-11,20,24H,12H2,(H,22,25). The Morgan fingerprint density at radius 2 is 1.93 bits per heavy atom. The number of phenolic OH excluding ortho intramolecular Hbond substituents is 1. The predicted molar refractivity (Wildman–Crippen MR) is 103 cm³/mol. The summed E-state index contributed by atoms with van der Waals surface area (Å²) in [5, 5.41) is 29.3. The van der Waals surface area contributed by atoms with Crippen molar-refractivity contribution >= 4 is 34.3 Å². The molecule has 0 radical (unpaired) electrons. The highest BCUT2D eigenvalue weighted by atomic mass is 16.6. The number of hydrogen-bond acceptors (Lipinski definition) is 6. The van der Waals surface area contributed by atoms with Crippen LogP contribution in [0.5, 0.6) is 5.75 Å². The van der Waals surface area contributed by atoms with Crippen molar-refractivity contribution in [3.05, 3.63) is 76.3 Å². The number of non-ortho nitro benzene ring substituents is 1. The van der Waals surface area contributed by atoms with E-state index in [0.717, 1.165) is 22.7 Å². The number of amides is 1. The third-order valence-electron chi connectivity index (χ3n) is 3.84. The van der Waals surface area contributed by atoms with Crippen molar-refractivity contribution in [1.29, 1.82) is 0 Å². The molecule has 0 aliphatic rings. The lowest BCUT2D eigenvalue weighted by Gasteiger charge is -2.08. The second-order valence-corrected chi connectivity index (χ2v) is 5.67. The Hall–Kier alpha value is -3.94. The molecule has 3 rings (SSSR count). The highest BCUT2D eigenvalue weighted by Gasteiger charge is 2.09. The SMILES string of the molecule is O=C(CNc1cccc2ccccc12)NN=Cc1cc([N+](=O)[O-])ccc1O. The Bertz CT molecular complexity index is 1030. The van der Waals surface area contributed by atoms with Crippen LogP contribution < -0.4 is 10.7 Å². The van der Waals surface area contributed by atoms with E-state index in [1.807, 2.05) is 42.5 Å². The Labute approximate surface area is 154 Å². The van der Waals surface area contributed by atoms with Crippen molar-refractivity contribution in [2.24, 2.45) is 5.10 Å². The van der Waals surface area contributed by atoms with Gasteiger partial charge in [0.15, 0.2) is 0 Å². The molecule has 0 saturated heterocycles. The fraction of sp³-hybridized carbons (Fsp3) is 0.0526. The summed E-state index contributed by atoms with van der Waals surface area (Å²) in [5.74, 6) is -0.573. The maximum atomic E-state index is 11.9. The van der Waals surface area contributed by atoms with E-state index in [1.165, 1.54) is 18.2 Å². The fourth-order valence-electron chi connectivity index (χ4n) is 2.53. The number of hydrogen-bond donors (Lipinski definition) is 3. The predicted octanol–water partition coefficient (Wildman–Crippen LogP) is 3.02. The normalized spacial score (nSPS) is 10.8. The summed E-state index contributed by atoms with van der Waals surface area (Å²) in [4.78, 5) is 22.1. The monoisotopic (exact) mass is 364 g/mol. The van der Waals surface area contributed by atoms with Gasteiger partial charge in [-0.25, -0.2) is 5.43 Å². The number of fused-ring (bicyclic) bond motifs is 1. The number of phenols is 1. The van der Waals surface area contributed by atoms with Gasteiger partial charge in [-0.1, -0.05) is 36.4 Å². The summed E-state index contributed by atoms with van der Waals surface area (Å²) >= 11 is 0. The third kappa shape index (κ3) is 4.37. The van der Waals surface area contributed by atoms with Gasteiger partial charge >= 0.3 is 0 Å². The first-order chi connectivity index (χ1) is 13.0. The molecule has 0 aromatic heterocycles. The Morgan fingerprint density at radius 1 is 1.15 bits per heavy atom. The average molecular weight is 364 g/mol.